The number of ether oxygens (including phenoxy) is 1. The number of hydrogen-bond acceptors (Lipinski definition) is 3. The Morgan fingerprint density at radius 3 is 2.52 bits per heavy atom. The van der Waals surface area contributed by atoms with Crippen molar-refractivity contribution >= 4 is 5.91 Å². The maximum atomic E-state index is 12.0. The van der Waals surface area contributed by atoms with Crippen molar-refractivity contribution in [3.63, 3.8) is 0 Å². The lowest BCUT2D eigenvalue weighted by Crippen LogP contribution is -2.31. The summed E-state index contributed by atoms with van der Waals surface area (Å²) in [5, 5.41) is 0. The molecule has 21 heavy (non-hydrogen) atoms. The van der Waals surface area contributed by atoms with Gasteiger partial charge in [-0.1, -0.05) is 12.1 Å². The third kappa shape index (κ3) is 4.93. The van der Waals surface area contributed by atoms with Crippen LogP contribution in [0.1, 0.15) is 18.4 Å². The summed E-state index contributed by atoms with van der Waals surface area (Å²) in [7, 11) is 0. The molecule has 1 amide bonds. The first-order chi connectivity index (χ1) is 9.83. The average Bonchev–Trinajstić information content (AvgIpc) is 2.82. The summed E-state index contributed by atoms with van der Waals surface area (Å²) in [4.78, 5) is 13.6. The second-order valence-electron chi connectivity index (χ2n) is 5.08. The number of likely N-dealkylation sites (tertiary alicyclic amines) is 1. The van der Waals surface area contributed by atoms with Crippen molar-refractivity contribution in [2.45, 2.75) is 31.7 Å². The van der Waals surface area contributed by atoms with Crippen LogP contribution in [0, 0.1) is 0 Å². The number of aryl methyl sites for hydroxylation is 1. The van der Waals surface area contributed by atoms with Crippen molar-refractivity contribution in [3.8, 4) is 5.75 Å². The Morgan fingerprint density at radius 1 is 1.33 bits per heavy atom. The molecule has 0 bridgehead atoms. The van der Waals surface area contributed by atoms with Crippen molar-refractivity contribution in [2.75, 3.05) is 13.1 Å². The van der Waals surface area contributed by atoms with Gasteiger partial charge < -0.3 is 15.4 Å². The molecule has 1 heterocycles. The van der Waals surface area contributed by atoms with Crippen molar-refractivity contribution in [1.82, 2.24) is 4.90 Å². The number of rotatable bonds is 4. The molecule has 1 fully saturated rings. The summed E-state index contributed by atoms with van der Waals surface area (Å²) >= 11 is 0. The Balaban J connectivity index is 1.82. The van der Waals surface area contributed by atoms with Crippen LogP contribution in [0.2, 0.25) is 0 Å². The topological polar surface area (TPSA) is 55.6 Å². The van der Waals surface area contributed by atoms with Gasteiger partial charge in [-0.15, -0.1) is 13.2 Å². The fourth-order valence-electron chi connectivity index (χ4n) is 2.28. The van der Waals surface area contributed by atoms with Crippen molar-refractivity contribution < 1.29 is 22.7 Å². The van der Waals surface area contributed by atoms with Gasteiger partial charge in [0.15, 0.2) is 0 Å². The first-order valence-electron chi connectivity index (χ1n) is 6.71. The quantitative estimate of drug-likeness (QED) is 0.926. The van der Waals surface area contributed by atoms with E-state index in [1.54, 1.807) is 4.90 Å². The predicted molar refractivity (Wildman–Crippen MR) is 70.6 cm³/mol. The van der Waals surface area contributed by atoms with Crippen LogP contribution >= 0.6 is 0 Å². The number of halogens is 3. The number of alkyl halides is 3. The molecular formula is C14H17F3N2O2. The minimum Gasteiger partial charge on any atom is -0.406 e. The Bertz CT molecular complexity index is 488. The van der Waals surface area contributed by atoms with Crippen LogP contribution in [0.5, 0.6) is 5.75 Å². The lowest BCUT2D eigenvalue weighted by Gasteiger charge is -2.15. The highest BCUT2D eigenvalue weighted by molar-refractivity contribution is 5.76. The second-order valence-corrected chi connectivity index (χ2v) is 5.08. The van der Waals surface area contributed by atoms with Gasteiger partial charge in [0.25, 0.3) is 0 Å². The second kappa shape index (κ2) is 6.34. The van der Waals surface area contributed by atoms with E-state index in [1.165, 1.54) is 24.3 Å². The largest absolute Gasteiger partial charge is 0.573 e. The van der Waals surface area contributed by atoms with Crippen molar-refractivity contribution in [2.24, 2.45) is 5.73 Å². The zero-order chi connectivity index (χ0) is 15.5. The van der Waals surface area contributed by atoms with Crippen LogP contribution in [-0.4, -0.2) is 36.3 Å². The monoisotopic (exact) mass is 302 g/mol. The molecule has 0 unspecified atom stereocenters. The molecule has 0 radical (unpaired) electrons. The number of carbonyl (C=O) groups is 1. The smallest absolute Gasteiger partial charge is 0.406 e. The van der Waals surface area contributed by atoms with Gasteiger partial charge in [-0.25, -0.2) is 0 Å². The molecule has 0 spiro atoms. The minimum absolute atomic E-state index is 0.0265. The van der Waals surface area contributed by atoms with E-state index in [2.05, 4.69) is 4.74 Å². The molecule has 7 heteroatoms. The van der Waals surface area contributed by atoms with Gasteiger partial charge in [-0.3, -0.25) is 4.79 Å². The molecule has 1 aliphatic heterocycles. The van der Waals surface area contributed by atoms with E-state index in [0.29, 0.717) is 25.9 Å². The van der Waals surface area contributed by atoms with Gasteiger partial charge in [0.05, 0.1) is 0 Å². The lowest BCUT2D eigenvalue weighted by molar-refractivity contribution is -0.274. The summed E-state index contributed by atoms with van der Waals surface area (Å²) < 4.78 is 39.8. The highest BCUT2D eigenvalue weighted by Gasteiger charge is 2.31. The molecule has 1 aromatic carbocycles. The fourth-order valence-corrected chi connectivity index (χ4v) is 2.28. The van der Waals surface area contributed by atoms with Gasteiger partial charge in [-0.2, -0.15) is 0 Å². The van der Waals surface area contributed by atoms with Crippen molar-refractivity contribution in [3.05, 3.63) is 29.8 Å². The van der Waals surface area contributed by atoms with E-state index < -0.39 is 6.36 Å². The Labute approximate surface area is 120 Å². The van der Waals surface area contributed by atoms with Crippen LogP contribution in [0.15, 0.2) is 24.3 Å². The Kier molecular flexibility index (Phi) is 4.72. The SMILES string of the molecule is N[C@@H]1CCN(C(=O)CCc2ccc(OC(F)(F)F)cc2)C1. The van der Waals surface area contributed by atoms with E-state index in [1.807, 2.05) is 0 Å². The summed E-state index contributed by atoms with van der Waals surface area (Å²) in [6.07, 6.45) is -3.07. The van der Waals surface area contributed by atoms with Crippen LogP contribution in [0.4, 0.5) is 13.2 Å². The number of nitrogens with two attached hydrogens (primary N) is 1. The van der Waals surface area contributed by atoms with Crippen LogP contribution in [0.25, 0.3) is 0 Å². The third-order valence-corrected chi connectivity index (χ3v) is 3.36. The molecule has 116 valence electrons. The standard InChI is InChI=1S/C14H17F3N2O2/c15-14(16,17)21-12-4-1-10(2-5-12)3-6-13(20)19-8-7-11(18)9-19/h1-2,4-5,11H,3,6-9,18H2/t11-/m1/s1. The van der Waals surface area contributed by atoms with Crippen LogP contribution in [-0.2, 0) is 11.2 Å². The lowest BCUT2D eigenvalue weighted by atomic mass is 10.1. The number of benzene rings is 1. The average molecular weight is 302 g/mol. The minimum atomic E-state index is -4.69. The van der Waals surface area contributed by atoms with Gasteiger partial charge in [-0.05, 0) is 30.5 Å². The molecule has 1 aromatic rings. The normalized spacial score (nSPS) is 18.9. The number of nitrogens with zero attached hydrogens (tertiary/aromatic N) is 1. The van der Waals surface area contributed by atoms with E-state index in [9.17, 15) is 18.0 Å². The summed E-state index contributed by atoms with van der Waals surface area (Å²) in [5.41, 5.74) is 6.53. The third-order valence-electron chi connectivity index (χ3n) is 3.36. The van der Waals surface area contributed by atoms with Crippen molar-refractivity contribution in [1.29, 1.82) is 0 Å². The maximum Gasteiger partial charge on any atom is 0.573 e. The fraction of sp³-hybridized carbons (Fsp3) is 0.500. The predicted octanol–water partition coefficient (Wildman–Crippen LogP) is 2.08. The molecule has 1 atom stereocenters. The van der Waals surface area contributed by atoms with E-state index in [4.69, 9.17) is 5.73 Å². The van der Waals surface area contributed by atoms with E-state index >= 15 is 0 Å². The van der Waals surface area contributed by atoms with Crippen LogP contribution < -0.4 is 10.5 Å². The first-order valence-corrected chi connectivity index (χ1v) is 6.71. The molecule has 1 saturated heterocycles. The zero-order valence-corrected chi connectivity index (χ0v) is 11.4. The molecule has 2 rings (SSSR count). The number of amides is 1. The molecule has 0 saturated carbocycles. The van der Waals surface area contributed by atoms with Crippen LogP contribution in [0.3, 0.4) is 0 Å². The number of hydrogen-bond donors (Lipinski definition) is 1. The molecule has 0 aliphatic carbocycles. The summed E-state index contributed by atoms with van der Waals surface area (Å²) in [6, 6.07) is 5.61. The zero-order valence-electron chi connectivity index (χ0n) is 11.4. The Hall–Kier alpha value is -1.76. The molecule has 4 nitrogen and oxygen atoms in total. The maximum absolute atomic E-state index is 12.0. The highest BCUT2D eigenvalue weighted by atomic mass is 19.4. The Morgan fingerprint density at radius 2 is 2.00 bits per heavy atom. The first kappa shape index (κ1) is 15.6. The molecule has 1 aliphatic rings. The van der Waals surface area contributed by atoms with Gasteiger partial charge in [0, 0.05) is 25.6 Å². The van der Waals surface area contributed by atoms with Gasteiger partial charge in [0.2, 0.25) is 5.91 Å². The van der Waals surface area contributed by atoms with Gasteiger partial charge >= 0.3 is 6.36 Å². The van der Waals surface area contributed by atoms with Gasteiger partial charge in [0.1, 0.15) is 5.75 Å². The molecular weight excluding hydrogens is 285 g/mol. The highest BCUT2D eigenvalue weighted by Crippen LogP contribution is 2.23. The summed E-state index contributed by atoms with van der Waals surface area (Å²) in [5.74, 6) is -0.235. The summed E-state index contributed by atoms with van der Waals surface area (Å²) in [6.45, 7) is 1.26. The van der Waals surface area contributed by atoms with E-state index in [-0.39, 0.29) is 17.7 Å². The molecule has 2 N–H and O–H groups in total. The molecule has 0 aromatic heterocycles. The number of carbonyl (C=O) groups excluding carboxylic acids is 1. The van der Waals surface area contributed by atoms with E-state index in [0.717, 1.165) is 12.0 Å².